The minimum absolute atomic E-state index is 0.431. The Morgan fingerprint density at radius 2 is 2.05 bits per heavy atom. The SMILES string of the molecule is COc1ccc(Br)c(CSc2cccc(C(C)O)c2)c1. The van der Waals surface area contributed by atoms with Crippen molar-refractivity contribution in [1.29, 1.82) is 0 Å². The molecule has 0 heterocycles. The highest BCUT2D eigenvalue weighted by atomic mass is 79.9. The van der Waals surface area contributed by atoms with E-state index in [1.807, 2.05) is 36.4 Å². The lowest BCUT2D eigenvalue weighted by molar-refractivity contribution is 0.199. The third kappa shape index (κ3) is 4.01. The largest absolute Gasteiger partial charge is 0.497 e. The average molecular weight is 353 g/mol. The van der Waals surface area contributed by atoms with Gasteiger partial charge in [-0.3, -0.25) is 0 Å². The van der Waals surface area contributed by atoms with Crippen molar-refractivity contribution < 1.29 is 9.84 Å². The van der Waals surface area contributed by atoms with Crippen LogP contribution in [0.1, 0.15) is 24.2 Å². The third-order valence-corrected chi connectivity index (χ3v) is 4.80. The topological polar surface area (TPSA) is 29.5 Å². The molecule has 4 heteroatoms. The molecule has 106 valence electrons. The molecule has 1 N–H and O–H groups in total. The fraction of sp³-hybridized carbons (Fsp3) is 0.250. The van der Waals surface area contributed by atoms with Crippen molar-refractivity contribution >= 4 is 27.7 Å². The Kier molecular flexibility index (Phi) is 5.52. The molecule has 0 aliphatic heterocycles. The van der Waals surface area contributed by atoms with Crippen molar-refractivity contribution in [1.82, 2.24) is 0 Å². The summed E-state index contributed by atoms with van der Waals surface area (Å²) in [4.78, 5) is 1.15. The molecule has 0 saturated carbocycles. The summed E-state index contributed by atoms with van der Waals surface area (Å²) in [5.41, 5.74) is 2.14. The molecule has 1 atom stereocenters. The zero-order valence-electron chi connectivity index (χ0n) is 11.5. The van der Waals surface area contributed by atoms with Crippen LogP contribution < -0.4 is 4.74 Å². The van der Waals surface area contributed by atoms with E-state index in [9.17, 15) is 5.11 Å². The molecule has 2 aromatic rings. The second-order valence-corrected chi connectivity index (χ2v) is 6.40. The van der Waals surface area contributed by atoms with Crippen LogP contribution in [0.15, 0.2) is 51.8 Å². The van der Waals surface area contributed by atoms with E-state index < -0.39 is 6.10 Å². The summed E-state index contributed by atoms with van der Waals surface area (Å²) in [5, 5.41) is 9.61. The second kappa shape index (κ2) is 7.16. The molecular formula is C16H17BrO2S. The van der Waals surface area contributed by atoms with Gasteiger partial charge in [-0.1, -0.05) is 28.1 Å². The smallest absolute Gasteiger partial charge is 0.119 e. The van der Waals surface area contributed by atoms with Crippen molar-refractivity contribution in [2.45, 2.75) is 23.7 Å². The van der Waals surface area contributed by atoms with Gasteiger partial charge in [-0.05, 0) is 48.4 Å². The number of halogens is 1. The third-order valence-electron chi connectivity index (χ3n) is 2.99. The number of thioether (sulfide) groups is 1. The molecule has 0 radical (unpaired) electrons. The van der Waals surface area contributed by atoms with E-state index in [2.05, 4.69) is 22.0 Å². The molecule has 2 aromatic carbocycles. The first-order chi connectivity index (χ1) is 9.60. The van der Waals surface area contributed by atoms with E-state index in [0.29, 0.717) is 0 Å². The van der Waals surface area contributed by atoms with Gasteiger partial charge in [0.15, 0.2) is 0 Å². The van der Waals surface area contributed by atoms with Crippen LogP contribution in [0.4, 0.5) is 0 Å². The molecule has 0 amide bonds. The fourth-order valence-corrected chi connectivity index (χ4v) is 3.34. The highest BCUT2D eigenvalue weighted by molar-refractivity contribution is 9.10. The molecule has 2 nitrogen and oxygen atoms in total. The van der Waals surface area contributed by atoms with Crippen LogP contribution in [-0.2, 0) is 5.75 Å². The van der Waals surface area contributed by atoms with E-state index in [-0.39, 0.29) is 0 Å². The number of methoxy groups -OCH3 is 1. The summed E-state index contributed by atoms with van der Waals surface area (Å²) in [6, 6.07) is 14.0. The number of benzene rings is 2. The van der Waals surface area contributed by atoms with Gasteiger partial charge >= 0.3 is 0 Å². The number of hydrogen-bond acceptors (Lipinski definition) is 3. The van der Waals surface area contributed by atoms with Gasteiger partial charge in [0, 0.05) is 15.1 Å². The monoisotopic (exact) mass is 352 g/mol. The van der Waals surface area contributed by atoms with Crippen LogP contribution in [0.2, 0.25) is 0 Å². The number of hydrogen-bond donors (Lipinski definition) is 1. The predicted octanol–water partition coefficient (Wildman–Crippen LogP) is 4.80. The maximum atomic E-state index is 9.61. The maximum absolute atomic E-state index is 9.61. The van der Waals surface area contributed by atoms with E-state index in [0.717, 1.165) is 26.4 Å². The summed E-state index contributed by atoms with van der Waals surface area (Å²) in [5.74, 6) is 1.71. The summed E-state index contributed by atoms with van der Waals surface area (Å²) in [6.45, 7) is 1.78. The van der Waals surface area contributed by atoms with Gasteiger partial charge in [-0.15, -0.1) is 11.8 Å². The summed E-state index contributed by atoms with van der Waals surface area (Å²) < 4.78 is 6.33. The normalized spacial score (nSPS) is 12.2. The molecule has 0 aliphatic carbocycles. The number of ether oxygens (including phenoxy) is 1. The van der Waals surface area contributed by atoms with E-state index in [1.54, 1.807) is 25.8 Å². The van der Waals surface area contributed by atoms with Crippen LogP contribution in [0.25, 0.3) is 0 Å². The lowest BCUT2D eigenvalue weighted by atomic mass is 10.1. The van der Waals surface area contributed by atoms with Crippen molar-refractivity contribution in [2.24, 2.45) is 0 Å². The average Bonchev–Trinajstić information content (AvgIpc) is 2.46. The molecule has 0 fully saturated rings. The lowest BCUT2D eigenvalue weighted by Crippen LogP contribution is -1.91. The van der Waals surface area contributed by atoms with Crippen LogP contribution in [0.3, 0.4) is 0 Å². The Morgan fingerprint density at radius 3 is 2.75 bits per heavy atom. The first-order valence-electron chi connectivity index (χ1n) is 6.33. The van der Waals surface area contributed by atoms with Gasteiger partial charge < -0.3 is 9.84 Å². The molecule has 0 aliphatic rings. The zero-order valence-corrected chi connectivity index (χ0v) is 13.9. The Bertz CT molecular complexity index is 584. The van der Waals surface area contributed by atoms with Crippen molar-refractivity contribution in [3.63, 3.8) is 0 Å². The number of rotatable bonds is 5. The minimum Gasteiger partial charge on any atom is -0.497 e. The quantitative estimate of drug-likeness (QED) is 0.783. The van der Waals surface area contributed by atoms with Crippen molar-refractivity contribution in [2.75, 3.05) is 7.11 Å². The number of aliphatic hydroxyl groups is 1. The summed E-state index contributed by atoms with van der Waals surface area (Å²) in [6.07, 6.45) is -0.431. The van der Waals surface area contributed by atoms with Crippen LogP contribution in [0, 0.1) is 0 Å². The maximum Gasteiger partial charge on any atom is 0.119 e. The fourth-order valence-electron chi connectivity index (χ4n) is 1.81. The molecule has 2 rings (SSSR count). The molecule has 0 spiro atoms. The molecule has 0 bridgehead atoms. The van der Waals surface area contributed by atoms with Gasteiger partial charge in [0.2, 0.25) is 0 Å². The molecular weight excluding hydrogens is 336 g/mol. The van der Waals surface area contributed by atoms with Crippen LogP contribution in [0.5, 0.6) is 5.75 Å². The highest BCUT2D eigenvalue weighted by Crippen LogP contribution is 2.30. The Morgan fingerprint density at radius 1 is 1.25 bits per heavy atom. The summed E-state index contributed by atoms with van der Waals surface area (Å²) >= 11 is 5.30. The second-order valence-electron chi connectivity index (χ2n) is 4.49. The van der Waals surface area contributed by atoms with Gasteiger partial charge in [0.25, 0.3) is 0 Å². The first-order valence-corrected chi connectivity index (χ1v) is 8.11. The van der Waals surface area contributed by atoms with Crippen molar-refractivity contribution in [3.05, 3.63) is 58.1 Å². The first kappa shape index (κ1) is 15.4. The Labute approximate surface area is 132 Å². The highest BCUT2D eigenvalue weighted by Gasteiger charge is 2.05. The molecule has 20 heavy (non-hydrogen) atoms. The van der Waals surface area contributed by atoms with E-state index >= 15 is 0 Å². The predicted molar refractivity (Wildman–Crippen MR) is 87.3 cm³/mol. The van der Waals surface area contributed by atoms with E-state index in [1.165, 1.54) is 5.56 Å². The Balaban J connectivity index is 2.10. The van der Waals surface area contributed by atoms with Gasteiger partial charge in [-0.2, -0.15) is 0 Å². The van der Waals surface area contributed by atoms with Crippen LogP contribution >= 0.6 is 27.7 Å². The molecule has 0 saturated heterocycles. The van der Waals surface area contributed by atoms with E-state index in [4.69, 9.17) is 4.74 Å². The molecule has 0 aromatic heterocycles. The zero-order chi connectivity index (χ0) is 14.5. The number of aliphatic hydroxyl groups excluding tert-OH is 1. The van der Waals surface area contributed by atoms with Gasteiger partial charge in [-0.25, -0.2) is 0 Å². The Hall–Kier alpha value is -0.970. The lowest BCUT2D eigenvalue weighted by Gasteiger charge is -2.09. The minimum atomic E-state index is -0.431. The standard InChI is InChI=1S/C16H17BrO2S/c1-11(18)12-4-3-5-15(9-12)20-10-13-8-14(19-2)6-7-16(13)17/h3-9,11,18H,10H2,1-2H3. The molecule has 1 unspecified atom stereocenters. The van der Waals surface area contributed by atoms with Crippen LogP contribution in [-0.4, -0.2) is 12.2 Å². The van der Waals surface area contributed by atoms with Crippen molar-refractivity contribution in [3.8, 4) is 5.75 Å². The van der Waals surface area contributed by atoms with Gasteiger partial charge in [0.1, 0.15) is 5.75 Å². The summed E-state index contributed by atoms with van der Waals surface area (Å²) in [7, 11) is 1.67. The van der Waals surface area contributed by atoms with Gasteiger partial charge in [0.05, 0.1) is 13.2 Å².